The molecule has 0 aliphatic rings. The summed E-state index contributed by atoms with van der Waals surface area (Å²) >= 11 is 0. The average molecular weight is 295 g/mol. The Morgan fingerprint density at radius 1 is 1.26 bits per heavy atom. The number of hydrogen-bond donors (Lipinski definition) is 2. The van der Waals surface area contributed by atoms with Crippen molar-refractivity contribution in [2.75, 3.05) is 34.3 Å². The third-order valence-corrected chi connectivity index (χ3v) is 1.61. The first-order chi connectivity index (χ1) is 8.22. The molecule has 1 amide bonds. The highest BCUT2D eigenvalue weighted by molar-refractivity contribution is 5.85. The van der Waals surface area contributed by atoms with E-state index in [0.29, 0.717) is 6.61 Å². The van der Waals surface area contributed by atoms with Crippen LogP contribution in [0.2, 0.25) is 0 Å². The Morgan fingerprint density at radius 3 is 2.05 bits per heavy atom. The average Bonchev–Trinajstić information content (AvgIpc) is 2.27. The second-order valence-corrected chi connectivity index (χ2v) is 4.43. The van der Waals surface area contributed by atoms with Crippen LogP contribution in [0.1, 0.15) is 6.42 Å². The van der Waals surface area contributed by atoms with E-state index in [4.69, 9.17) is 9.94 Å². The largest absolute Gasteiger partial charge is 1.00 e. The third-order valence-electron chi connectivity index (χ3n) is 1.61. The Labute approximate surface area is 120 Å². The lowest BCUT2D eigenvalue weighted by Crippen LogP contribution is -3.00. The van der Waals surface area contributed by atoms with Crippen molar-refractivity contribution in [2.45, 2.75) is 6.42 Å². The molecule has 0 fully saturated rings. The van der Waals surface area contributed by atoms with Crippen LogP contribution in [0.4, 0.5) is 0 Å². The molecule has 0 rings (SSSR count). The first-order valence-corrected chi connectivity index (χ1v) is 5.43. The summed E-state index contributed by atoms with van der Waals surface area (Å²) in [7, 11) is 6.34. The molecule has 2 N–H and O–H groups in total. The number of nitrogens with one attached hydrogen (secondary N) is 1. The molecule has 0 heterocycles. The van der Waals surface area contributed by atoms with Crippen molar-refractivity contribution >= 4 is 11.9 Å². The molecule has 0 aromatic carbocycles. The molecule has 112 valence electrons. The van der Waals surface area contributed by atoms with Crippen molar-refractivity contribution < 1.29 is 36.4 Å². The van der Waals surface area contributed by atoms with Crippen LogP contribution >= 0.6 is 0 Å². The molecule has 0 aromatic rings. The summed E-state index contributed by atoms with van der Waals surface area (Å²) in [5, 5.41) is 7.60. The molecule has 0 aromatic heterocycles. The highest BCUT2D eigenvalue weighted by atomic mass is 35.5. The van der Waals surface area contributed by atoms with Gasteiger partial charge in [0, 0.05) is 12.5 Å². The summed E-state index contributed by atoms with van der Waals surface area (Å²) in [6, 6.07) is 0. The van der Waals surface area contributed by atoms with Gasteiger partial charge in [0.25, 0.3) is 5.91 Å². The zero-order chi connectivity index (χ0) is 14.6. The molecule has 0 saturated carbocycles. The van der Waals surface area contributed by atoms with Crippen molar-refractivity contribution in [1.82, 2.24) is 5.48 Å². The maximum absolute atomic E-state index is 10.6. The van der Waals surface area contributed by atoms with Crippen LogP contribution in [0.25, 0.3) is 0 Å². The Hall–Kier alpha value is -1.37. The van der Waals surface area contributed by atoms with Gasteiger partial charge in [0.05, 0.1) is 34.3 Å². The molecule has 0 radical (unpaired) electrons. The van der Waals surface area contributed by atoms with Gasteiger partial charge < -0.3 is 22.0 Å². The van der Waals surface area contributed by atoms with Crippen LogP contribution in [-0.4, -0.2) is 55.8 Å². The number of aliphatic carboxylic acids is 1. The van der Waals surface area contributed by atoms with Crippen molar-refractivity contribution in [2.24, 2.45) is 0 Å². The molecule has 0 aliphatic heterocycles. The van der Waals surface area contributed by atoms with E-state index in [2.05, 4.69) is 39.8 Å². The summed E-state index contributed by atoms with van der Waals surface area (Å²) in [6.45, 7) is 7.82. The summed E-state index contributed by atoms with van der Waals surface area (Å²) in [4.78, 5) is 24.8. The van der Waals surface area contributed by atoms with E-state index in [1.165, 1.54) is 6.08 Å². The third kappa shape index (κ3) is 26.3. The maximum Gasteiger partial charge on any atom is 0.327 e. The van der Waals surface area contributed by atoms with Gasteiger partial charge in [0.2, 0.25) is 0 Å². The topological polar surface area (TPSA) is 75.6 Å². The van der Waals surface area contributed by atoms with Crippen LogP contribution in [0.15, 0.2) is 25.3 Å². The number of carbonyl (C=O) groups excluding carboxylic acids is 1. The van der Waals surface area contributed by atoms with E-state index in [9.17, 15) is 9.59 Å². The lowest BCUT2D eigenvalue weighted by atomic mass is 10.4. The van der Waals surface area contributed by atoms with Crippen LogP contribution < -0.4 is 17.9 Å². The van der Waals surface area contributed by atoms with Gasteiger partial charge >= 0.3 is 5.97 Å². The normalized spacial score (nSPS) is 9.21. The smallest absolute Gasteiger partial charge is 0.327 e. The number of halogens is 1. The fourth-order valence-electron chi connectivity index (χ4n) is 0.775. The second-order valence-electron chi connectivity index (χ2n) is 4.43. The predicted octanol–water partition coefficient (Wildman–Crippen LogP) is -2.42. The zero-order valence-corrected chi connectivity index (χ0v) is 12.4. The van der Waals surface area contributed by atoms with Crippen molar-refractivity contribution in [1.29, 1.82) is 0 Å². The molecule has 0 spiro atoms. The van der Waals surface area contributed by atoms with Gasteiger partial charge in [-0.1, -0.05) is 13.2 Å². The number of amides is 1. The van der Waals surface area contributed by atoms with Crippen molar-refractivity contribution in [3.8, 4) is 0 Å². The van der Waals surface area contributed by atoms with E-state index >= 15 is 0 Å². The van der Waals surface area contributed by atoms with Crippen LogP contribution in [0.3, 0.4) is 0 Å². The molecule has 19 heavy (non-hydrogen) atoms. The molecule has 7 heteroatoms. The molecule has 0 atom stereocenters. The first-order valence-electron chi connectivity index (χ1n) is 5.43. The van der Waals surface area contributed by atoms with Crippen LogP contribution in [0, 0.1) is 0 Å². The minimum Gasteiger partial charge on any atom is -1.00 e. The van der Waals surface area contributed by atoms with Crippen LogP contribution in [-0.2, 0) is 14.4 Å². The Balaban J connectivity index is -0.000000366. The second kappa shape index (κ2) is 13.1. The van der Waals surface area contributed by atoms with Crippen molar-refractivity contribution in [3.05, 3.63) is 25.3 Å². The molecule has 6 nitrogen and oxygen atoms in total. The lowest BCUT2D eigenvalue weighted by molar-refractivity contribution is -0.870. The predicted molar refractivity (Wildman–Crippen MR) is 69.6 cm³/mol. The van der Waals surface area contributed by atoms with Gasteiger partial charge in [-0.05, 0) is 6.08 Å². The molecular weight excluding hydrogens is 272 g/mol. The number of nitrogens with zero attached hydrogens (tertiary/aromatic N) is 1. The number of carbonyl (C=O) groups is 2. The molecule has 0 aliphatic carbocycles. The van der Waals surface area contributed by atoms with Gasteiger partial charge in [-0.25, -0.2) is 10.3 Å². The number of quaternary nitrogens is 1. The van der Waals surface area contributed by atoms with E-state index in [-0.39, 0.29) is 18.3 Å². The highest BCUT2D eigenvalue weighted by Crippen LogP contribution is 1.92. The molecular formula is C12H23ClN2O4. The van der Waals surface area contributed by atoms with E-state index in [0.717, 1.165) is 23.5 Å². The standard InChI is InChI=1S/C9H18N2O2.C3H4O2.ClH/c1-5-9(12)10-13-8-6-7-11(2,3)4;1-2-3(4)5;/h5H,1,6-8H2,2-4H3;2H,1H2,(H,4,5);1H. The SMILES string of the molecule is C=CC(=O)NOCCC[N+](C)(C)C.C=CC(=O)O.[Cl-]. The number of carboxylic acids is 1. The van der Waals surface area contributed by atoms with Crippen molar-refractivity contribution in [3.63, 3.8) is 0 Å². The van der Waals surface area contributed by atoms with Gasteiger partial charge in [0.1, 0.15) is 0 Å². The summed E-state index contributed by atoms with van der Waals surface area (Å²) < 4.78 is 0.902. The molecule has 0 bridgehead atoms. The van der Waals surface area contributed by atoms with Gasteiger partial charge in [-0.15, -0.1) is 0 Å². The highest BCUT2D eigenvalue weighted by Gasteiger charge is 2.05. The minimum absolute atomic E-state index is 0. The Bertz CT molecular complexity index is 288. The summed E-state index contributed by atoms with van der Waals surface area (Å²) in [6.07, 6.45) is 2.93. The minimum atomic E-state index is -0.981. The zero-order valence-electron chi connectivity index (χ0n) is 11.7. The van der Waals surface area contributed by atoms with E-state index < -0.39 is 5.97 Å². The quantitative estimate of drug-likeness (QED) is 0.237. The summed E-state index contributed by atoms with van der Waals surface area (Å²) in [5.41, 5.74) is 2.25. The fraction of sp³-hybridized carbons (Fsp3) is 0.500. The Kier molecular flexibility index (Phi) is 15.7. The molecule has 0 saturated heterocycles. The maximum atomic E-state index is 10.6. The van der Waals surface area contributed by atoms with Gasteiger partial charge in [-0.3, -0.25) is 9.63 Å². The molecule has 0 unspecified atom stereocenters. The number of hydrogen-bond acceptors (Lipinski definition) is 3. The first kappa shape index (κ1) is 22.8. The van der Waals surface area contributed by atoms with E-state index in [1.54, 1.807) is 0 Å². The number of rotatable bonds is 7. The van der Waals surface area contributed by atoms with Crippen LogP contribution in [0.5, 0.6) is 0 Å². The number of carboxylic acid groups (broad SMARTS) is 1. The Morgan fingerprint density at radius 2 is 1.74 bits per heavy atom. The number of hydroxylamine groups is 1. The lowest BCUT2D eigenvalue weighted by Gasteiger charge is -2.23. The monoisotopic (exact) mass is 294 g/mol. The van der Waals surface area contributed by atoms with Gasteiger partial charge in [-0.2, -0.15) is 0 Å². The summed E-state index contributed by atoms with van der Waals surface area (Å²) in [5.74, 6) is -1.28. The van der Waals surface area contributed by atoms with E-state index in [1.807, 2.05) is 0 Å². The fourth-order valence-corrected chi connectivity index (χ4v) is 0.775. The van der Waals surface area contributed by atoms with Gasteiger partial charge in [0.15, 0.2) is 0 Å².